The Morgan fingerprint density at radius 1 is 1.19 bits per heavy atom. The molecule has 0 atom stereocenters. The molecular weight excluding hydrogens is 434 g/mol. The van der Waals surface area contributed by atoms with Gasteiger partial charge in [-0.15, -0.1) is 0 Å². The number of carbonyl (C=O) groups is 3. The number of allylic oxidation sites excluding steroid dienone is 2. The second-order valence-corrected chi connectivity index (χ2v) is 7.46. The van der Waals surface area contributed by atoms with Gasteiger partial charge in [-0.1, -0.05) is 18.2 Å². The number of nitro groups is 1. The molecule has 0 spiro atoms. The number of amides is 3. The number of nitro benzene ring substituents is 1. The number of thioether (sulfide) groups is 1. The summed E-state index contributed by atoms with van der Waals surface area (Å²) in [6, 6.07) is 12.9. The number of ether oxygens (including phenoxy) is 1. The Morgan fingerprint density at radius 3 is 2.59 bits per heavy atom. The number of nitrogens with one attached hydrogen (secondary N) is 1. The van der Waals surface area contributed by atoms with E-state index < -0.39 is 28.5 Å². The van der Waals surface area contributed by atoms with E-state index in [1.807, 2.05) is 6.92 Å². The third-order valence-corrected chi connectivity index (χ3v) is 5.21. The zero-order valence-electron chi connectivity index (χ0n) is 17.0. The highest BCUT2D eigenvalue weighted by Crippen LogP contribution is 2.30. The van der Waals surface area contributed by atoms with Gasteiger partial charge in [0.15, 0.2) is 0 Å². The molecule has 0 radical (unpaired) electrons. The van der Waals surface area contributed by atoms with Gasteiger partial charge in [-0.05, 0) is 61.2 Å². The first-order valence-corrected chi connectivity index (χ1v) is 10.4. The number of carbonyl (C=O) groups excluding carboxylic acids is 3. The minimum Gasteiger partial charge on any atom is -0.494 e. The van der Waals surface area contributed by atoms with E-state index in [1.54, 1.807) is 42.5 Å². The van der Waals surface area contributed by atoms with Gasteiger partial charge in [0.1, 0.15) is 12.3 Å². The first kappa shape index (κ1) is 22.8. The molecule has 1 aliphatic heterocycles. The Bertz CT molecular complexity index is 1110. The molecule has 0 unspecified atom stereocenters. The number of hydrogen-bond acceptors (Lipinski definition) is 7. The lowest BCUT2D eigenvalue weighted by atomic mass is 10.1. The van der Waals surface area contributed by atoms with E-state index in [0.29, 0.717) is 35.4 Å². The lowest BCUT2D eigenvalue weighted by Gasteiger charge is -2.12. The first-order valence-electron chi connectivity index (χ1n) is 9.57. The van der Waals surface area contributed by atoms with E-state index in [-0.39, 0.29) is 10.6 Å². The molecule has 2 aromatic carbocycles. The summed E-state index contributed by atoms with van der Waals surface area (Å²) in [5.41, 5.74) is 0.798. The normalized spacial score (nSPS) is 14.9. The Balaban J connectivity index is 1.63. The van der Waals surface area contributed by atoms with Crippen LogP contribution in [0.1, 0.15) is 12.5 Å². The molecule has 1 heterocycles. The quantitative estimate of drug-likeness (QED) is 0.361. The van der Waals surface area contributed by atoms with Crippen molar-refractivity contribution in [3.63, 3.8) is 0 Å². The third-order valence-electron chi connectivity index (χ3n) is 4.28. The van der Waals surface area contributed by atoms with Crippen molar-refractivity contribution in [3.8, 4) is 5.75 Å². The molecule has 3 amide bonds. The molecule has 1 aliphatic rings. The molecule has 1 N–H and O–H groups in total. The zero-order chi connectivity index (χ0) is 23.1. The van der Waals surface area contributed by atoms with Crippen LogP contribution in [0.2, 0.25) is 0 Å². The van der Waals surface area contributed by atoms with Crippen molar-refractivity contribution in [2.45, 2.75) is 6.92 Å². The summed E-state index contributed by atoms with van der Waals surface area (Å²) >= 11 is 0.700. The molecule has 9 nitrogen and oxygen atoms in total. The van der Waals surface area contributed by atoms with E-state index in [1.165, 1.54) is 24.3 Å². The molecule has 164 valence electrons. The van der Waals surface area contributed by atoms with Crippen LogP contribution in [-0.2, 0) is 9.59 Å². The number of anilines is 1. The van der Waals surface area contributed by atoms with Crippen LogP contribution in [-0.4, -0.2) is 40.0 Å². The Morgan fingerprint density at radius 2 is 1.91 bits per heavy atom. The number of rotatable bonds is 8. The third kappa shape index (κ3) is 5.61. The van der Waals surface area contributed by atoms with Crippen molar-refractivity contribution in [2.24, 2.45) is 0 Å². The van der Waals surface area contributed by atoms with Crippen LogP contribution in [0.25, 0.3) is 6.08 Å². The summed E-state index contributed by atoms with van der Waals surface area (Å²) in [4.78, 5) is 48.5. The molecule has 1 fully saturated rings. The van der Waals surface area contributed by atoms with Crippen LogP contribution in [0, 0.1) is 10.1 Å². The average molecular weight is 453 g/mol. The average Bonchev–Trinajstić information content (AvgIpc) is 3.03. The highest BCUT2D eigenvalue weighted by atomic mass is 32.2. The van der Waals surface area contributed by atoms with Gasteiger partial charge in [-0.3, -0.25) is 29.4 Å². The van der Waals surface area contributed by atoms with Crippen LogP contribution in [0.15, 0.2) is 65.6 Å². The van der Waals surface area contributed by atoms with Crippen molar-refractivity contribution < 1.29 is 24.0 Å². The molecule has 3 rings (SSSR count). The Hall–Kier alpha value is -3.92. The summed E-state index contributed by atoms with van der Waals surface area (Å²) in [7, 11) is 0. The predicted octanol–water partition coefficient (Wildman–Crippen LogP) is 4.22. The van der Waals surface area contributed by atoms with Crippen molar-refractivity contribution in [1.29, 1.82) is 0 Å². The number of imide groups is 1. The fraction of sp³-hybridized carbons (Fsp3) is 0.136. The maximum atomic E-state index is 12.5. The van der Waals surface area contributed by atoms with Gasteiger partial charge < -0.3 is 10.1 Å². The van der Waals surface area contributed by atoms with Gasteiger partial charge in [0, 0.05) is 11.8 Å². The van der Waals surface area contributed by atoms with Gasteiger partial charge in [0.2, 0.25) is 5.91 Å². The van der Waals surface area contributed by atoms with Gasteiger partial charge >= 0.3 is 0 Å². The lowest BCUT2D eigenvalue weighted by Crippen LogP contribution is -2.36. The SMILES string of the molecule is CCOc1ccc(NC(=O)CN2C(=O)S/C(=C/C=C/c3ccccc3[N+](=O)[O-])C2=O)cc1. The Kier molecular flexibility index (Phi) is 7.40. The van der Waals surface area contributed by atoms with Gasteiger partial charge in [0.25, 0.3) is 16.8 Å². The topological polar surface area (TPSA) is 119 Å². The largest absolute Gasteiger partial charge is 0.494 e. The smallest absolute Gasteiger partial charge is 0.294 e. The highest BCUT2D eigenvalue weighted by Gasteiger charge is 2.36. The molecule has 32 heavy (non-hydrogen) atoms. The molecular formula is C22H19N3O6S. The number of para-hydroxylation sites is 1. The fourth-order valence-corrected chi connectivity index (χ4v) is 3.62. The number of hydrogen-bond donors (Lipinski definition) is 1. The van der Waals surface area contributed by atoms with Gasteiger partial charge in [0.05, 0.1) is 22.0 Å². The fourth-order valence-electron chi connectivity index (χ4n) is 2.83. The second kappa shape index (κ2) is 10.4. The van der Waals surface area contributed by atoms with Gasteiger partial charge in [-0.25, -0.2) is 0 Å². The van der Waals surface area contributed by atoms with Crippen LogP contribution >= 0.6 is 11.8 Å². The molecule has 0 aromatic heterocycles. The van der Waals surface area contributed by atoms with Crippen molar-refractivity contribution in [3.05, 3.63) is 81.3 Å². The van der Waals surface area contributed by atoms with E-state index in [9.17, 15) is 24.5 Å². The van der Waals surface area contributed by atoms with Crippen molar-refractivity contribution in [1.82, 2.24) is 4.90 Å². The summed E-state index contributed by atoms with van der Waals surface area (Å²) < 4.78 is 5.33. The maximum absolute atomic E-state index is 12.5. The van der Waals surface area contributed by atoms with E-state index >= 15 is 0 Å². The van der Waals surface area contributed by atoms with Crippen LogP contribution < -0.4 is 10.1 Å². The standard InChI is InChI=1S/C22H19N3O6S/c1-2-31-17-12-10-16(11-13-17)23-20(26)14-24-21(27)19(32-22(24)28)9-5-7-15-6-3-4-8-18(15)25(29)30/h3-13H,2,14H2,1H3,(H,23,26)/b7-5+,19-9+. The molecule has 0 bridgehead atoms. The molecule has 0 saturated carbocycles. The lowest BCUT2D eigenvalue weighted by molar-refractivity contribution is -0.385. The van der Waals surface area contributed by atoms with Crippen LogP contribution in [0.4, 0.5) is 16.2 Å². The maximum Gasteiger partial charge on any atom is 0.294 e. The molecule has 10 heteroatoms. The number of nitrogens with zero attached hydrogens (tertiary/aromatic N) is 2. The second-order valence-electron chi connectivity index (χ2n) is 6.47. The Labute approximate surface area is 187 Å². The van der Waals surface area contributed by atoms with E-state index in [2.05, 4.69) is 5.32 Å². The summed E-state index contributed by atoms with van der Waals surface area (Å²) in [5.74, 6) is -0.460. The minimum atomic E-state index is -0.603. The summed E-state index contributed by atoms with van der Waals surface area (Å²) in [6.45, 7) is 1.96. The molecule has 2 aromatic rings. The van der Waals surface area contributed by atoms with Crippen molar-refractivity contribution >= 4 is 46.3 Å². The zero-order valence-corrected chi connectivity index (χ0v) is 17.8. The van der Waals surface area contributed by atoms with Crippen LogP contribution in [0.3, 0.4) is 0 Å². The summed E-state index contributed by atoms with van der Waals surface area (Å²) in [5, 5.41) is 13.1. The van der Waals surface area contributed by atoms with E-state index in [4.69, 9.17) is 4.74 Å². The molecule has 1 saturated heterocycles. The predicted molar refractivity (Wildman–Crippen MR) is 121 cm³/mol. The monoisotopic (exact) mass is 453 g/mol. The van der Waals surface area contributed by atoms with E-state index in [0.717, 1.165) is 4.90 Å². The first-order chi connectivity index (χ1) is 15.4. The van der Waals surface area contributed by atoms with Crippen LogP contribution in [0.5, 0.6) is 5.75 Å². The number of benzene rings is 2. The van der Waals surface area contributed by atoms with Gasteiger partial charge in [-0.2, -0.15) is 0 Å². The highest BCUT2D eigenvalue weighted by molar-refractivity contribution is 8.18. The molecule has 0 aliphatic carbocycles. The summed E-state index contributed by atoms with van der Waals surface area (Å²) in [6.07, 6.45) is 4.33. The minimum absolute atomic E-state index is 0.0729. The van der Waals surface area contributed by atoms with Crippen molar-refractivity contribution in [2.75, 3.05) is 18.5 Å².